The first-order chi connectivity index (χ1) is 6.45. The molecule has 1 aliphatic rings. The number of carboxylic acid groups (broad SMARTS) is 1. The van der Waals surface area contributed by atoms with Crippen LogP contribution in [0.1, 0.15) is 46.5 Å². The van der Waals surface area contributed by atoms with E-state index in [1.54, 1.807) is 0 Å². The smallest absolute Gasteiger partial charge is 0.304 e. The molecule has 0 radical (unpaired) electrons. The van der Waals surface area contributed by atoms with Crippen LogP contribution < -0.4 is 5.32 Å². The van der Waals surface area contributed by atoms with E-state index >= 15 is 0 Å². The molecule has 14 heavy (non-hydrogen) atoms. The Morgan fingerprint density at radius 3 is 2.71 bits per heavy atom. The van der Waals surface area contributed by atoms with Crippen LogP contribution in [0.4, 0.5) is 0 Å². The number of carboxylic acids is 1. The molecule has 1 fully saturated rings. The van der Waals surface area contributed by atoms with Crippen LogP contribution in [-0.4, -0.2) is 23.2 Å². The Bertz CT molecular complexity index is 213. The molecule has 0 aliphatic carbocycles. The van der Waals surface area contributed by atoms with Gasteiger partial charge in [0, 0.05) is 12.1 Å². The van der Waals surface area contributed by atoms with E-state index in [2.05, 4.69) is 26.1 Å². The van der Waals surface area contributed by atoms with Crippen molar-refractivity contribution in [3.8, 4) is 0 Å². The van der Waals surface area contributed by atoms with Gasteiger partial charge in [0.15, 0.2) is 0 Å². The lowest BCUT2D eigenvalue weighted by molar-refractivity contribution is -0.138. The Hall–Kier alpha value is -0.570. The van der Waals surface area contributed by atoms with Gasteiger partial charge in [-0.1, -0.05) is 20.8 Å². The summed E-state index contributed by atoms with van der Waals surface area (Å²) in [5.41, 5.74) is 0.115. The second-order valence-electron chi connectivity index (χ2n) is 4.95. The minimum Gasteiger partial charge on any atom is -0.481 e. The molecule has 1 heterocycles. The van der Waals surface area contributed by atoms with E-state index < -0.39 is 5.97 Å². The zero-order chi connectivity index (χ0) is 10.8. The third-order valence-corrected chi connectivity index (χ3v) is 3.39. The van der Waals surface area contributed by atoms with Gasteiger partial charge in [0.2, 0.25) is 0 Å². The van der Waals surface area contributed by atoms with Gasteiger partial charge in [-0.15, -0.1) is 0 Å². The second-order valence-corrected chi connectivity index (χ2v) is 4.95. The van der Waals surface area contributed by atoms with Crippen molar-refractivity contribution < 1.29 is 9.90 Å². The number of hydrogen-bond acceptors (Lipinski definition) is 2. The maximum Gasteiger partial charge on any atom is 0.304 e. The Morgan fingerprint density at radius 1 is 1.57 bits per heavy atom. The lowest BCUT2D eigenvalue weighted by Crippen LogP contribution is -2.52. The van der Waals surface area contributed by atoms with Crippen molar-refractivity contribution in [3.63, 3.8) is 0 Å². The summed E-state index contributed by atoms with van der Waals surface area (Å²) in [5.74, 6) is -0.702. The Balaban J connectivity index is 2.61. The summed E-state index contributed by atoms with van der Waals surface area (Å²) < 4.78 is 0. The van der Waals surface area contributed by atoms with Crippen LogP contribution in [0, 0.1) is 5.41 Å². The van der Waals surface area contributed by atoms with Crippen molar-refractivity contribution in [2.24, 2.45) is 5.41 Å². The van der Waals surface area contributed by atoms with E-state index in [1.807, 2.05) is 0 Å². The first-order valence-corrected chi connectivity index (χ1v) is 5.43. The topological polar surface area (TPSA) is 49.3 Å². The summed E-state index contributed by atoms with van der Waals surface area (Å²) in [5, 5.41) is 12.3. The van der Waals surface area contributed by atoms with E-state index in [0.29, 0.717) is 6.04 Å². The average Bonchev–Trinajstić information content (AvgIpc) is 2.08. The van der Waals surface area contributed by atoms with Gasteiger partial charge in [0.05, 0.1) is 6.42 Å². The molecule has 0 amide bonds. The van der Waals surface area contributed by atoms with E-state index in [9.17, 15) is 4.79 Å². The fourth-order valence-electron chi connectivity index (χ4n) is 2.15. The lowest BCUT2D eigenvalue weighted by Gasteiger charge is -2.42. The van der Waals surface area contributed by atoms with Gasteiger partial charge in [-0.3, -0.25) is 4.79 Å². The summed E-state index contributed by atoms with van der Waals surface area (Å²) in [6, 6.07) is 0.631. The Kier molecular flexibility index (Phi) is 3.53. The van der Waals surface area contributed by atoms with Crippen molar-refractivity contribution in [2.75, 3.05) is 0 Å². The molecule has 0 spiro atoms. The largest absolute Gasteiger partial charge is 0.481 e. The first kappa shape index (κ1) is 11.5. The molecule has 2 atom stereocenters. The van der Waals surface area contributed by atoms with Gasteiger partial charge >= 0.3 is 5.97 Å². The fraction of sp³-hybridized carbons (Fsp3) is 0.909. The number of carbonyl (C=O) groups is 1. The average molecular weight is 199 g/mol. The zero-order valence-electron chi connectivity index (χ0n) is 9.34. The quantitative estimate of drug-likeness (QED) is 0.731. The van der Waals surface area contributed by atoms with Gasteiger partial charge in [-0.05, 0) is 24.7 Å². The molecule has 0 unspecified atom stereocenters. The molecule has 3 heteroatoms. The molecule has 82 valence electrons. The normalized spacial score (nSPS) is 31.4. The first-order valence-electron chi connectivity index (χ1n) is 5.43. The maximum atomic E-state index is 10.7. The van der Waals surface area contributed by atoms with Crippen molar-refractivity contribution in [2.45, 2.75) is 58.5 Å². The molecule has 0 saturated carbocycles. The monoisotopic (exact) mass is 199 g/mol. The standard InChI is InChI=1S/C11H21NO2/c1-4-8-5-6-11(2,3)9(12-8)7-10(13)14/h8-9,12H,4-7H2,1-3H3,(H,13,14)/t8-,9+/m0/s1. The predicted molar refractivity (Wildman–Crippen MR) is 56.3 cm³/mol. The van der Waals surface area contributed by atoms with E-state index in [4.69, 9.17) is 5.11 Å². The van der Waals surface area contributed by atoms with Crippen LogP contribution in [0.5, 0.6) is 0 Å². The zero-order valence-corrected chi connectivity index (χ0v) is 9.34. The number of aliphatic carboxylic acids is 1. The molecule has 3 nitrogen and oxygen atoms in total. The van der Waals surface area contributed by atoms with Gasteiger partial charge in [-0.25, -0.2) is 0 Å². The molecular formula is C11H21NO2. The number of rotatable bonds is 3. The summed E-state index contributed by atoms with van der Waals surface area (Å²) in [6.07, 6.45) is 3.62. The van der Waals surface area contributed by atoms with Crippen LogP contribution in [0.2, 0.25) is 0 Å². The third-order valence-electron chi connectivity index (χ3n) is 3.39. The van der Waals surface area contributed by atoms with Crippen LogP contribution in [-0.2, 0) is 4.79 Å². The van der Waals surface area contributed by atoms with Crippen LogP contribution >= 0.6 is 0 Å². The van der Waals surface area contributed by atoms with E-state index in [0.717, 1.165) is 12.8 Å². The molecule has 1 saturated heterocycles. The molecule has 0 aromatic heterocycles. The summed E-state index contributed by atoms with van der Waals surface area (Å²) in [6.45, 7) is 6.45. The third kappa shape index (κ3) is 2.71. The Morgan fingerprint density at radius 2 is 2.21 bits per heavy atom. The van der Waals surface area contributed by atoms with Gasteiger partial charge in [0.25, 0.3) is 0 Å². The van der Waals surface area contributed by atoms with Crippen LogP contribution in [0.15, 0.2) is 0 Å². The molecular weight excluding hydrogens is 178 g/mol. The minimum absolute atomic E-state index is 0.115. The highest BCUT2D eigenvalue weighted by Crippen LogP contribution is 2.34. The van der Waals surface area contributed by atoms with E-state index in [-0.39, 0.29) is 17.9 Å². The number of piperidine rings is 1. The fourth-order valence-corrected chi connectivity index (χ4v) is 2.15. The molecule has 0 bridgehead atoms. The number of nitrogens with one attached hydrogen (secondary N) is 1. The highest BCUT2D eigenvalue weighted by Gasteiger charge is 2.36. The SMILES string of the molecule is CC[C@H]1CCC(C)(C)[C@@H](CC(=O)O)N1. The van der Waals surface area contributed by atoms with E-state index in [1.165, 1.54) is 6.42 Å². The summed E-state index contributed by atoms with van der Waals surface area (Å²) in [4.78, 5) is 10.7. The lowest BCUT2D eigenvalue weighted by atomic mass is 9.74. The molecule has 0 aromatic rings. The van der Waals surface area contributed by atoms with Crippen molar-refractivity contribution >= 4 is 5.97 Å². The molecule has 2 N–H and O–H groups in total. The maximum absolute atomic E-state index is 10.7. The van der Waals surface area contributed by atoms with Crippen LogP contribution in [0.3, 0.4) is 0 Å². The van der Waals surface area contributed by atoms with Gasteiger partial charge < -0.3 is 10.4 Å². The van der Waals surface area contributed by atoms with Gasteiger partial charge in [-0.2, -0.15) is 0 Å². The Labute approximate surface area is 85.9 Å². The number of hydrogen-bond donors (Lipinski definition) is 2. The molecule has 1 aliphatic heterocycles. The summed E-state index contributed by atoms with van der Waals surface area (Å²) >= 11 is 0. The van der Waals surface area contributed by atoms with Crippen molar-refractivity contribution in [1.82, 2.24) is 5.32 Å². The van der Waals surface area contributed by atoms with Crippen LogP contribution in [0.25, 0.3) is 0 Å². The highest BCUT2D eigenvalue weighted by molar-refractivity contribution is 5.67. The predicted octanol–water partition coefficient (Wildman–Crippen LogP) is 2.02. The molecule has 0 aromatic carbocycles. The second kappa shape index (κ2) is 4.30. The van der Waals surface area contributed by atoms with Gasteiger partial charge in [0.1, 0.15) is 0 Å². The van der Waals surface area contributed by atoms with Crippen molar-refractivity contribution in [3.05, 3.63) is 0 Å². The van der Waals surface area contributed by atoms with Crippen molar-refractivity contribution in [1.29, 1.82) is 0 Å². The summed E-state index contributed by atoms with van der Waals surface area (Å²) in [7, 11) is 0. The minimum atomic E-state index is -0.702. The highest BCUT2D eigenvalue weighted by atomic mass is 16.4. The molecule has 1 rings (SSSR count).